The Morgan fingerprint density at radius 2 is 1.11 bits per heavy atom. The second-order valence-electron chi connectivity index (χ2n) is 13.5. The smallest absolute Gasteiger partial charge is 0.407 e. The van der Waals surface area contributed by atoms with Gasteiger partial charge in [0.2, 0.25) is 0 Å². The highest BCUT2D eigenvalue weighted by molar-refractivity contribution is 5.79. The maximum atomic E-state index is 15.9. The van der Waals surface area contributed by atoms with E-state index in [0.717, 1.165) is 39.5 Å². The molecule has 4 N–H and O–H groups in total. The summed E-state index contributed by atoms with van der Waals surface area (Å²) in [6.45, 7) is 0.783. The van der Waals surface area contributed by atoms with Gasteiger partial charge in [0.15, 0.2) is 0 Å². The van der Waals surface area contributed by atoms with E-state index in [0.29, 0.717) is 25.7 Å². The first-order valence-corrected chi connectivity index (χ1v) is 18.9. The standard InChI is InChI=1S/C44H48FN3O8/c45-39(27-33(41(49)50)19-11-13-25-46-42(51)54-28-31-15-3-1-4-16-31)40(24-12-14-26-47-43(52)55-29-32-17-5-2-6-18-32)48-44(53)56-30-38-36-22-9-7-20-34(36)35-21-8-10-23-37(35)38/h1-10,15-18,20-23,27,33,38,40H,11-14,19,24-26,28-30H2,(H,46,51)(H,47,52)(H,48,53)(H,49,50)/b39-27-/t33-,40+/m1/s1. The Morgan fingerprint density at radius 3 is 1.62 bits per heavy atom. The van der Waals surface area contributed by atoms with Gasteiger partial charge in [0.25, 0.3) is 0 Å². The molecule has 0 radical (unpaired) electrons. The first kappa shape index (κ1) is 41.0. The number of nitrogens with one attached hydrogen (secondary N) is 3. The number of unbranched alkanes of at least 4 members (excludes halogenated alkanes) is 2. The van der Waals surface area contributed by atoms with Crippen molar-refractivity contribution >= 4 is 24.2 Å². The van der Waals surface area contributed by atoms with Crippen LogP contribution < -0.4 is 16.0 Å². The maximum Gasteiger partial charge on any atom is 0.407 e. The van der Waals surface area contributed by atoms with Gasteiger partial charge in [-0.15, -0.1) is 0 Å². The third-order valence-corrected chi connectivity index (χ3v) is 9.47. The Balaban J connectivity index is 1.13. The molecule has 5 rings (SSSR count). The summed E-state index contributed by atoms with van der Waals surface area (Å²) >= 11 is 0. The molecular formula is C44H48FN3O8. The minimum atomic E-state index is -1.21. The van der Waals surface area contributed by atoms with Gasteiger partial charge in [0.05, 0.1) is 12.0 Å². The van der Waals surface area contributed by atoms with Crippen molar-refractivity contribution in [3.05, 3.63) is 143 Å². The lowest BCUT2D eigenvalue weighted by molar-refractivity contribution is -0.140. The summed E-state index contributed by atoms with van der Waals surface area (Å²) in [4.78, 5) is 49.6. The fourth-order valence-corrected chi connectivity index (χ4v) is 6.54. The van der Waals surface area contributed by atoms with Gasteiger partial charge in [-0.25, -0.2) is 18.8 Å². The fourth-order valence-electron chi connectivity index (χ4n) is 6.54. The number of rotatable bonds is 20. The van der Waals surface area contributed by atoms with E-state index in [4.69, 9.17) is 14.2 Å². The van der Waals surface area contributed by atoms with Gasteiger partial charge in [-0.2, -0.15) is 0 Å². The van der Waals surface area contributed by atoms with Crippen molar-refractivity contribution in [3.63, 3.8) is 0 Å². The normalized spacial score (nSPS) is 13.1. The van der Waals surface area contributed by atoms with E-state index < -0.39 is 42.0 Å². The number of benzene rings is 4. The molecule has 4 aromatic carbocycles. The van der Waals surface area contributed by atoms with E-state index in [1.54, 1.807) is 0 Å². The number of alkyl carbamates (subject to hydrolysis) is 3. The molecule has 0 saturated heterocycles. The number of carboxylic acids is 1. The third-order valence-electron chi connectivity index (χ3n) is 9.47. The molecule has 0 fully saturated rings. The zero-order valence-corrected chi connectivity index (χ0v) is 31.2. The molecule has 0 heterocycles. The summed E-state index contributed by atoms with van der Waals surface area (Å²) in [5.41, 5.74) is 5.90. The highest BCUT2D eigenvalue weighted by Crippen LogP contribution is 2.44. The average Bonchev–Trinajstić information content (AvgIpc) is 3.54. The van der Waals surface area contributed by atoms with Crippen LogP contribution in [0.3, 0.4) is 0 Å². The number of carboxylic acid groups (broad SMARTS) is 1. The molecule has 0 unspecified atom stereocenters. The van der Waals surface area contributed by atoms with E-state index in [1.165, 1.54) is 0 Å². The molecule has 12 heteroatoms. The van der Waals surface area contributed by atoms with Gasteiger partial charge in [0.1, 0.15) is 25.6 Å². The Morgan fingerprint density at radius 1 is 0.625 bits per heavy atom. The lowest BCUT2D eigenvalue weighted by atomic mass is 9.98. The Labute approximate surface area is 326 Å². The Kier molecular flexibility index (Phi) is 15.9. The molecule has 0 bridgehead atoms. The largest absolute Gasteiger partial charge is 0.481 e. The Hall–Kier alpha value is -6.17. The van der Waals surface area contributed by atoms with Crippen molar-refractivity contribution in [3.8, 4) is 11.1 Å². The molecule has 11 nitrogen and oxygen atoms in total. The van der Waals surface area contributed by atoms with E-state index in [2.05, 4.69) is 16.0 Å². The second-order valence-corrected chi connectivity index (χ2v) is 13.5. The van der Waals surface area contributed by atoms with Gasteiger partial charge < -0.3 is 35.3 Å². The summed E-state index contributed by atoms with van der Waals surface area (Å²) in [6.07, 6.45) is 0.909. The van der Waals surface area contributed by atoms with Crippen LogP contribution in [0.1, 0.15) is 66.7 Å². The van der Waals surface area contributed by atoms with E-state index in [9.17, 15) is 24.3 Å². The first-order valence-electron chi connectivity index (χ1n) is 18.9. The number of aliphatic carboxylic acids is 1. The molecule has 2 atom stereocenters. The van der Waals surface area contributed by atoms with Crippen molar-refractivity contribution in [2.45, 2.75) is 63.7 Å². The van der Waals surface area contributed by atoms with Crippen LogP contribution in [0.15, 0.2) is 121 Å². The minimum Gasteiger partial charge on any atom is -0.481 e. The molecule has 0 saturated carbocycles. The van der Waals surface area contributed by atoms with Crippen LogP contribution >= 0.6 is 0 Å². The first-order chi connectivity index (χ1) is 27.3. The second kappa shape index (κ2) is 21.7. The maximum absolute atomic E-state index is 15.9. The summed E-state index contributed by atoms with van der Waals surface area (Å²) in [5, 5.41) is 17.9. The van der Waals surface area contributed by atoms with Crippen molar-refractivity contribution in [1.82, 2.24) is 16.0 Å². The predicted molar refractivity (Wildman–Crippen MR) is 209 cm³/mol. The molecule has 0 spiro atoms. The zero-order valence-electron chi connectivity index (χ0n) is 31.2. The number of carbonyl (C=O) groups is 4. The highest BCUT2D eigenvalue weighted by Gasteiger charge is 2.30. The molecule has 56 heavy (non-hydrogen) atoms. The van der Waals surface area contributed by atoms with Gasteiger partial charge in [-0.05, 0) is 71.6 Å². The lowest BCUT2D eigenvalue weighted by Crippen LogP contribution is -2.37. The molecule has 4 aromatic rings. The molecule has 1 aliphatic rings. The number of carbonyl (C=O) groups excluding carboxylic acids is 3. The van der Waals surface area contributed by atoms with Crippen LogP contribution in [0.5, 0.6) is 0 Å². The third kappa shape index (κ3) is 12.7. The SMILES string of the molecule is O=C(NCCCC[C@H](NC(=O)OCC1c2ccccc2-c2ccccc21)/C(F)=C/[C@@H](CCCCNC(=O)OCc1ccccc1)C(=O)O)OCc1ccccc1. The van der Waals surface area contributed by atoms with Crippen LogP contribution in [0.25, 0.3) is 11.1 Å². The molecule has 0 aromatic heterocycles. The number of halogens is 1. The van der Waals surface area contributed by atoms with Gasteiger partial charge in [-0.3, -0.25) is 4.79 Å². The molecule has 294 valence electrons. The van der Waals surface area contributed by atoms with Crippen molar-refractivity contribution in [2.75, 3.05) is 19.7 Å². The van der Waals surface area contributed by atoms with E-state index in [-0.39, 0.29) is 51.7 Å². The van der Waals surface area contributed by atoms with Crippen LogP contribution in [-0.2, 0) is 32.2 Å². The lowest BCUT2D eigenvalue weighted by Gasteiger charge is -2.20. The van der Waals surface area contributed by atoms with Crippen LogP contribution in [0, 0.1) is 5.92 Å². The van der Waals surface area contributed by atoms with Gasteiger partial charge >= 0.3 is 24.2 Å². The molecular weight excluding hydrogens is 717 g/mol. The summed E-state index contributed by atoms with van der Waals surface area (Å²) in [6, 6.07) is 33.2. The summed E-state index contributed by atoms with van der Waals surface area (Å²) in [5.74, 6) is -3.39. The summed E-state index contributed by atoms with van der Waals surface area (Å²) in [7, 11) is 0. The monoisotopic (exact) mass is 765 g/mol. The molecule has 3 amide bonds. The average molecular weight is 766 g/mol. The van der Waals surface area contributed by atoms with Crippen molar-refractivity contribution in [2.24, 2.45) is 5.92 Å². The quantitative estimate of drug-likeness (QED) is 0.0516. The number of ether oxygens (including phenoxy) is 3. The predicted octanol–water partition coefficient (Wildman–Crippen LogP) is 8.64. The number of hydrogen-bond donors (Lipinski definition) is 4. The number of fused-ring (bicyclic) bond motifs is 3. The summed E-state index contributed by atoms with van der Waals surface area (Å²) < 4.78 is 32.0. The topological polar surface area (TPSA) is 152 Å². The van der Waals surface area contributed by atoms with Crippen LogP contribution in [-0.4, -0.2) is 55.1 Å². The molecule has 1 aliphatic carbocycles. The van der Waals surface area contributed by atoms with Crippen molar-refractivity contribution in [1.29, 1.82) is 0 Å². The van der Waals surface area contributed by atoms with Crippen LogP contribution in [0.4, 0.5) is 18.8 Å². The number of amides is 3. The molecule has 0 aliphatic heterocycles. The van der Waals surface area contributed by atoms with Crippen molar-refractivity contribution < 1.29 is 42.9 Å². The van der Waals surface area contributed by atoms with E-state index in [1.807, 2.05) is 109 Å². The highest BCUT2D eigenvalue weighted by atomic mass is 19.1. The number of hydrogen-bond acceptors (Lipinski definition) is 7. The fraction of sp³-hybridized carbons (Fsp3) is 0.318. The van der Waals surface area contributed by atoms with Crippen LogP contribution in [0.2, 0.25) is 0 Å². The van der Waals surface area contributed by atoms with Gasteiger partial charge in [-0.1, -0.05) is 116 Å². The zero-order chi connectivity index (χ0) is 39.5. The van der Waals surface area contributed by atoms with E-state index >= 15 is 4.39 Å². The minimum absolute atomic E-state index is 0.0263. The van der Waals surface area contributed by atoms with Gasteiger partial charge in [0, 0.05) is 19.0 Å². The Bertz CT molecular complexity index is 1880.